The number of nitrogens with two attached hydrogens (primary N) is 1. The van der Waals surface area contributed by atoms with Gasteiger partial charge in [-0.1, -0.05) is 37.1 Å². The van der Waals surface area contributed by atoms with Crippen molar-refractivity contribution in [2.24, 2.45) is 5.73 Å². The minimum Gasteiger partial charge on any atom is -0.392 e. The van der Waals surface area contributed by atoms with Crippen molar-refractivity contribution >= 4 is 0 Å². The van der Waals surface area contributed by atoms with E-state index in [0.717, 1.165) is 32.2 Å². The number of hydrogen-bond donors (Lipinski definition) is 2. The Kier molecular flexibility index (Phi) is 4.57. The van der Waals surface area contributed by atoms with Crippen molar-refractivity contribution in [2.45, 2.75) is 50.5 Å². The fourth-order valence-corrected chi connectivity index (χ4v) is 2.79. The van der Waals surface area contributed by atoms with Crippen LogP contribution in [0.1, 0.15) is 49.1 Å². The van der Waals surface area contributed by atoms with Crippen LogP contribution < -0.4 is 5.73 Å². The molecule has 1 aliphatic carbocycles. The lowest BCUT2D eigenvalue weighted by Crippen LogP contribution is -2.22. The van der Waals surface area contributed by atoms with Crippen LogP contribution in [0, 0.1) is 0 Å². The van der Waals surface area contributed by atoms with E-state index in [9.17, 15) is 5.11 Å². The Labute approximate surface area is 104 Å². The van der Waals surface area contributed by atoms with Crippen LogP contribution in [0.5, 0.6) is 0 Å². The Hall–Kier alpha value is -0.860. The predicted octanol–water partition coefficient (Wildman–Crippen LogP) is 2.60. The molecule has 0 saturated heterocycles. The molecule has 2 unspecified atom stereocenters. The standard InChI is InChI=1S/C15H23NO/c16-10-4-6-12-5-3-7-13(11-12)14-8-1-2-9-15(14)17/h3,5,7,11,14-15,17H,1-2,4,6,8-10,16H2. The van der Waals surface area contributed by atoms with Crippen LogP contribution in [0.15, 0.2) is 24.3 Å². The van der Waals surface area contributed by atoms with Crippen LogP contribution in [-0.4, -0.2) is 17.8 Å². The van der Waals surface area contributed by atoms with Gasteiger partial charge >= 0.3 is 0 Å². The number of benzene rings is 1. The molecule has 0 aromatic heterocycles. The van der Waals surface area contributed by atoms with Crippen LogP contribution in [0.4, 0.5) is 0 Å². The molecule has 94 valence electrons. The molecule has 2 atom stereocenters. The number of aliphatic hydroxyl groups is 1. The summed E-state index contributed by atoms with van der Waals surface area (Å²) in [7, 11) is 0. The average molecular weight is 233 g/mol. The van der Waals surface area contributed by atoms with Crippen molar-refractivity contribution in [3.05, 3.63) is 35.4 Å². The first kappa shape index (κ1) is 12.6. The van der Waals surface area contributed by atoms with Gasteiger partial charge in [-0.3, -0.25) is 0 Å². The largest absolute Gasteiger partial charge is 0.392 e. The molecule has 1 aromatic rings. The van der Waals surface area contributed by atoms with Crippen LogP contribution in [0.25, 0.3) is 0 Å². The van der Waals surface area contributed by atoms with Gasteiger partial charge in [0.25, 0.3) is 0 Å². The van der Waals surface area contributed by atoms with Gasteiger partial charge in [0.15, 0.2) is 0 Å². The Morgan fingerprint density at radius 2 is 2.06 bits per heavy atom. The first-order chi connectivity index (χ1) is 8.31. The van der Waals surface area contributed by atoms with Gasteiger partial charge in [-0.25, -0.2) is 0 Å². The minimum absolute atomic E-state index is 0.145. The van der Waals surface area contributed by atoms with Crippen molar-refractivity contribution in [1.29, 1.82) is 0 Å². The Balaban J connectivity index is 2.08. The fourth-order valence-electron chi connectivity index (χ4n) is 2.79. The van der Waals surface area contributed by atoms with E-state index in [0.29, 0.717) is 5.92 Å². The monoisotopic (exact) mass is 233 g/mol. The summed E-state index contributed by atoms with van der Waals surface area (Å²) in [5.74, 6) is 0.349. The highest BCUT2D eigenvalue weighted by molar-refractivity contribution is 5.27. The maximum absolute atomic E-state index is 10.1. The van der Waals surface area contributed by atoms with Crippen molar-refractivity contribution in [2.75, 3.05) is 6.54 Å². The van der Waals surface area contributed by atoms with Gasteiger partial charge < -0.3 is 10.8 Å². The van der Waals surface area contributed by atoms with Gasteiger partial charge in [0.05, 0.1) is 6.10 Å². The number of aryl methyl sites for hydroxylation is 1. The van der Waals surface area contributed by atoms with Gasteiger partial charge in [-0.05, 0) is 43.4 Å². The third-order valence-electron chi connectivity index (χ3n) is 3.78. The molecule has 1 saturated carbocycles. The molecule has 1 fully saturated rings. The molecule has 3 N–H and O–H groups in total. The molecule has 0 bridgehead atoms. The summed E-state index contributed by atoms with van der Waals surface area (Å²) in [5.41, 5.74) is 8.20. The number of hydrogen-bond acceptors (Lipinski definition) is 2. The minimum atomic E-state index is -0.145. The molecule has 2 heteroatoms. The van der Waals surface area contributed by atoms with E-state index in [1.54, 1.807) is 0 Å². The van der Waals surface area contributed by atoms with Gasteiger partial charge in [0, 0.05) is 5.92 Å². The van der Waals surface area contributed by atoms with E-state index in [-0.39, 0.29) is 6.10 Å². The molecule has 17 heavy (non-hydrogen) atoms. The Morgan fingerprint density at radius 1 is 1.24 bits per heavy atom. The summed E-state index contributed by atoms with van der Waals surface area (Å²) in [6.45, 7) is 0.746. The lowest BCUT2D eigenvalue weighted by atomic mass is 9.81. The maximum Gasteiger partial charge on any atom is 0.0608 e. The first-order valence-corrected chi connectivity index (χ1v) is 6.78. The van der Waals surface area contributed by atoms with Crippen LogP contribution in [0.2, 0.25) is 0 Å². The molecular formula is C15H23NO. The average Bonchev–Trinajstić information content (AvgIpc) is 2.37. The quantitative estimate of drug-likeness (QED) is 0.839. The van der Waals surface area contributed by atoms with Crippen LogP contribution in [0.3, 0.4) is 0 Å². The topological polar surface area (TPSA) is 46.2 Å². The second-order valence-corrected chi connectivity index (χ2v) is 5.10. The Bertz CT molecular complexity index is 351. The highest BCUT2D eigenvalue weighted by Gasteiger charge is 2.24. The van der Waals surface area contributed by atoms with E-state index in [1.807, 2.05) is 0 Å². The van der Waals surface area contributed by atoms with Crippen molar-refractivity contribution < 1.29 is 5.11 Å². The molecule has 2 nitrogen and oxygen atoms in total. The molecule has 1 aliphatic rings. The van der Waals surface area contributed by atoms with E-state index in [4.69, 9.17) is 5.73 Å². The Morgan fingerprint density at radius 3 is 2.82 bits per heavy atom. The van der Waals surface area contributed by atoms with Gasteiger partial charge in [-0.2, -0.15) is 0 Å². The third-order valence-corrected chi connectivity index (χ3v) is 3.78. The van der Waals surface area contributed by atoms with Crippen molar-refractivity contribution in [1.82, 2.24) is 0 Å². The van der Waals surface area contributed by atoms with E-state index in [2.05, 4.69) is 24.3 Å². The van der Waals surface area contributed by atoms with Gasteiger partial charge in [0.1, 0.15) is 0 Å². The zero-order valence-electron chi connectivity index (χ0n) is 10.4. The first-order valence-electron chi connectivity index (χ1n) is 6.78. The highest BCUT2D eigenvalue weighted by atomic mass is 16.3. The third kappa shape index (κ3) is 3.30. The molecule has 0 spiro atoms. The summed E-state index contributed by atoms with van der Waals surface area (Å²) in [6.07, 6.45) is 6.44. The van der Waals surface area contributed by atoms with Crippen molar-refractivity contribution in [3.63, 3.8) is 0 Å². The summed E-state index contributed by atoms with van der Waals surface area (Å²) in [6, 6.07) is 8.69. The maximum atomic E-state index is 10.1. The summed E-state index contributed by atoms with van der Waals surface area (Å²) in [4.78, 5) is 0. The van der Waals surface area contributed by atoms with Crippen LogP contribution in [-0.2, 0) is 6.42 Å². The molecule has 0 heterocycles. The summed E-state index contributed by atoms with van der Waals surface area (Å²) < 4.78 is 0. The smallest absolute Gasteiger partial charge is 0.0608 e. The molecule has 1 aromatic carbocycles. The zero-order chi connectivity index (χ0) is 12.1. The van der Waals surface area contributed by atoms with E-state index < -0.39 is 0 Å². The second-order valence-electron chi connectivity index (χ2n) is 5.10. The zero-order valence-corrected chi connectivity index (χ0v) is 10.4. The molecular weight excluding hydrogens is 210 g/mol. The van der Waals surface area contributed by atoms with Gasteiger partial charge in [-0.15, -0.1) is 0 Å². The lowest BCUT2D eigenvalue weighted by Gasteiger charge is -2.28. The van der Waals surface area contributed by atoms with Crippen molar-refractivity contribution in [3.8, 4) is 0 Å². The highest BCUT2D eigenvalue weighted by Crippen LogP contribution is 2.33. The number of rotatable bonds is 4. The van der Waals surface area contributed by atoms with E-state index in [1.165, 1.54) is 24.0 Å². The van der Waals surface area contributed by atoms with Crippen LogP contribution >= 0.6 is 0 Å². The fraction of sp³-hybridized carbons (Fsp3) is 0.600. The molecule has 0 radical (unpaired) electrons. The second kappa shape index (κ2) is 6.18. The SMILES string of the molecule is NCCCc1cccc(C2CCCCC2O)c1. The van der Waals surface area contributed by atoms with E-state index >= 15 is 0 Å². The summed E-state index contributed by atoms with van der Waals surface area (Å²) in [5, 5.41) is 10.1. The normalized spacial score (nSPS) is 24.8. The number of aliphatic hydroxyl groups excluding tert-OH is 1. The lowest BCUT2D eigenvalue weighted by molar-refractivity contribution is 0.106. The molecule has 0 aliphatic heterocycles. The predicted molar refractivity (Wildman–Crippen MR) is 71.0 cm³/mol. The van der Waals surface area contributed by atoms with Gasteiger partial charge in [0.2, 0.25) is 0 Å². The summed E-state index contributed by atoms with van der Waals surface area (Å²) >= 11 is 0. The molecule has 2 rings (SSSR count). The molecule has 0 amide bonds.